The van der Waals surface area contributed by atoms with E-state index in [0.717, 1.165) is 37.5 Å². The minimum atomic E-state index is -1.49. The maximum absolute atomic E-state index is 13.3. The predicted molar refractivity (Wildman–Crippen MR) is 155 cm³/mol. The molecule has 0 saturated carbocycles. The number of benzene rings is 2. The molecule has 3 rings (SSSR count). The summed E-state index contributed by atoms with van der Waals surface area (Å²) in [5, 5.41) is 0.424. The third kappa shape index (κ3) is 7.65. The minimum Gasteiger partial charge on any atom is -0.497 e. The molecule has 0 bridgehead atoms. The first-order chi connectivity index (χ1) is 19.4. The Kier molecular flexibility index (Phi) is 12.5. The number of rotatable bonds is 17. The van der Waals surface area contributed by atoms with Crippen LogP contribution in [0.3, 0.4) is 0 Å². The van der Waals surface area contributed by atoms with Crippen molar-refractivity contribution in [2.24, 2.45) is 0 Å². The van der Waals surface area contributed by atoms with E-state index < -0.39 is 17.7 Å². The summed E-state index contributed by atoms with van der Waals surface area (Å²) in [6.45, 7) is 7.15. The summed E-state index contributed by atoms with van der Waals surface area (Å²) in [5.74, 6) is 0.658. The third-order valence-electron chi connectivity index (χ3n) is 6.69. The van der Waals surface area contributed by atoms with Gasteiger partial charge in [0.1, 0.15) is 5.75 Å². The highest BCUT2D eigenvalue weighted by Gasteiger charge is 2.52. The van der Waals surface area contributed by atoms with Gasteiger partial charge in [0.15, 0.2) is 29.5 Å². The summed E-state index contributed by atoms with van der Waals surface area (Å²) in [4.78, 5) is 26.3. The number of fused-ring (bicyclic) bond motifs is 1. The number of carbonyl (C=O) groups is 2. The van der Waals surface area contributed by atoms with E-state index in [1.807, 2.05) is 26.0 Å². The summed E-state index contributed by atoms with van der Waals surface area (Å²) in [7, 11) is 1.59. The van der Waals surface area contributed by atoms with Crippen LogP contribution in [-0.2, 0) is 40.6 Å². The van der Waals surface area contributed by atoms with Crippen LogP contribution >= 0.6 is 11.6 Å². The molecule has 1 aliphatic carbocycles. The molecule has 0 saturated heterocycles. The Hall–Kier alpha value is -2.87. The largest absolute Gasteiger partial charge is 0.497 e. The van der Waals surface area contributed by atoms with E-state index in [9.17, 15) is 9.59 Å². The van der Waals surface area contributed by atoms with Crippen molar-refractivity contribution < 1.29 is 33.3 Å². The highest BCUT2D eigenvalue weighted by atomic mass is 35.5. The van der Waals surface area contributed by atoms with Crippen molar-refractivity contribution in [3.8, 4) is 5.75 Å². The second kappa shape index (κ2) is 15.8. The van der Waals surface area contributed by atoms with Crippen molar-refractivity contribution in [3.05, 3.63) is 69.9 Å². The topological polar surface area (TPSA) is 80.3 Å². The number of aldehydes is 1. The van der Waals surface area contributed by atoms with Crippen LogP contribution in [0.4, 0.5) is 0 Å². The fourth-order valence-electron chi connectivity index (χ4n) is 4.67. The van der Waals surface area contributed by atoms with E-state index in [-0.39, 0.29) is 17.9 Å². The molecule has 0 amide bonds. The summed E-state index contributed by atoms with van der Waals surface area (Å²) >= 11 is 6.43. The Morgan fingerprint density at radius 2 is 1.70 bits per heavy atom. The lowest BCUT2D eigenvalue weighted by Gasteiger charge is -2.42. The van der Waals surface area contributed by atoms with Crippen LogP contribution in [0.25, 0.3) is 5.76 Å². The Morgan fingerprint density at radius 1 is 0.950 bits per heavy atom. The van der Waals surface area contributed by atoms with Gasteiger partial charge >= 0.3 is 5.97 Å². The fraction of sp³-hybridized carbons (Fsp3) is 0.500. The second-order valence-electron chi connectivity index (χ2n) is 9.80. The van der Waals surface area contributed by atoms with E-state index in [1.54, 1.807) is 37.4 Å². The molecule has 0 N–H and O–H groups in total. The first-order valence-corrected chi connectivity index (χ1v) is 14.5. The van der Waals surface area contributed by atoms with E-state index in [4.69, 9.17) is 35.3 Å². The van der Waals surface area contributed by atoms with Gasteiger partial charge in [-0.15, -0.1) is 0 Å². The van der Waals surface area contributed by atoms with Crippen LogP contribution < -0.4 is 4.74 Å². The Balaban J connectivity index is 2.08. The van der Waals surface area contributed by atoms with Crippen LogP contribution in [0.1, 0.15) is 76.0 Å². The molecular formula is C32H41ClO7. The molecule has 218 valence electrons. The van der Waals surface area contributed by atoms with Crippen molar-refractivity contribution in [2.45, 2.75) is 77.4 Å². The highest BCUT2D eigenvalue weighted by molar-refractivity contribution is 6.30. The molecule has 7 nitrogen and oxygen atoms in total. The number of ether oxygens (including phenoxy) is 5. The van der Waals surface area contributed by atoms with Crippen molar-refractivity contribution in [2.75, 3.05) is 26.9 Å². The standard InChI is InChI=1S/C32H41ClO7/c1-5-8-9-10-19-39-32(22-34)27-16-13-24(33)21-26(27)29(30(37-17-6-2)31(32)38-18-7-3)40-28(35)20-23-11-14-25(36-4)15-12-23/h11-16,21-22,31H,5-10,17-20H2,1-4H3. The zero-order valence-corrected chi connectivity index (χ0v) is 24.8. The first-order valence-electron chi connectivity index (χ1n) is 14.2. The van der Waals surface area contributed by atoms with Crippen molar-refractivity contribution >= 4 is 29.6 Å². The van der Waals surface area contributed by atoms with Crippen LogP contribution in [0.15, 0.2) is 48.2 Å². The van der Waals surface area contributed by atoms with Crippen molar-refractivity contribution in [1.82, 2.24) is 0 Å². The maximum atomic E-state index is 13.3. The summed E-state index contributed by atoms with van der Waals surface area (Å²) in [6.07, 6.45) is 5.23. The maximum Gasteiger partial charge on any atom is 0.315 e. The molecule has 0 heterocycles. The lowest BCUT2D eigenvalue weighted by molar-refractivity contribution is -0.165. The Labute approximate surface area is 242 Å². The Morgan fingerprint density at radius 3 is 2.35 bits per heavy atom. The van der Waals surface area contributed by atoms with Gasteiger partial charge in [0.05, 0.1) is 20.1 Å². The number of esters is 1. The smallest absolute Gasteiger partial charge is 0.315 e. The second-order valence-corrected chi connectivity index (χ2v) is 10.2. The molecule has 0 aromatic heterocycles. The van der Waals surface area contributed by atoms with Gasteiger partial charge in [0.25, 0.3) is 0 Å². The van der Waals surface area contributed by atoms with Crippen molar-refractivity contribution in [1.29, 1.82) is 0 Å². The number of hydrogen-bond acceptors (Lipinski definition) is 7. The lowest BCUT2D eigenvalue weighted by Crippen LogP contribution is -2.50. The number of hydrogen-bond donors (Lipinski definition) is 0. The van der Waals surface area contributed by atoms with E-state index in [0.29, 0.717) is 54.6 Å². The number of methoxy groups -OCH3 is 1. The number of carbonyl (C=O) groups excluding carboxylic acids is 2. The zero-order valence-electron chi connectivity index (χ0n) is 24.0. The minimum absolute atomic E-state index is 0.0255. The highest BCUT2D eigenvalue weighted by Crippen LogP contribution is 2.46. The molecule has 1 aliphatic rings. The van der Waals surface area contributed by atoms with Crippen LogP contribution in [0.5, 0.6) is 5.75 Å². The van der Waals surface area contributed by atoms with Gasteiger partial charge in [-0.3, -0.25) is 9.59 Å². The van der Waals surface area contributed by atoms with E-state index >= 15 is 0 Å². The van der Waals surface area contributed by atoms with Crippen LogP contribution in [0, 0.1) is 0 Å². The predicted octanol–water partition coefficient (Wildman–Crippen LogP) is 7.03. The summed E-state index contributed by atoms with van der Waals surface area (Å²) < 4.78 is 30.2. The molecule has 2 unspecified atom stereocenters. The van der Waals surface area contributed by atoms with Gasteiger partial charge in [0.2, 0.25) is 0 Å². The number of unbranched alkanes of at least 4 members (excludes halogenated alkanes) is 3. The quantitative estimate of drug-likeness (QED) is 0.114. The number of halogens is 1. The molecular weight excluding hydrogens is 532 g/mol. The summed E-state index contributed by atoms with van der Waals surface area (Å²) in [5.41, 5.74) is 0.273. The molecule has 0 fully saturated rings. The molecule has 2 aromatic rings. The SMILES string of the molecule is CCCCCCOC1(C=O)c2ccc(Cl)cc2C(OC(=O)Cc2ccc(OC)cc2)=C(OCCC)C1OCCC. The monoisotopic (exact) mass is 572 g/mol. The van der Waals surface area contributed by atoms with Gasteiger partial charge in [-0.2, -0.15) is 0 Å². The van der Waals surface area contributed by atoms with Gasteiger partial charge in [-0.25, -0.2) is 0 Å². The Bertz CT molecular complexity index is 1140. The third-order valence-corrected chi connectivity index (χ3v) is 6.92. The molecule has 0 spiro atoms. The fourth-order valence-corrected chi connectivity index (χ4v) is 4.84. The van der Waals surface area contributed by atoms with Gasteiger partial charge in [-0.1, -0.05) is 69.8 Å². The van der Waals surface area contributed by atoms with E-state index in [1.165, 1.54) is 0 Å². The molecule has 2 atom stereocenters. The van der Waals surface area contributed by atoms with Gasteiger partial charge in [-0.05, 0) is 49.1 Å². The summed E-state index contributed by atoms with van der Waals surface area (Å²) in [6, 6.07) is 12.3. The average molecular weight is 573 g/mol. The van der Waals surface area contributed by atoms with Gasteiger partial charge in [0, 0.05) is 29.4 Å². The molecule has 2 aromatic carbocycles. The van der Waals surface area contributed by atoms with Crippen molar-refractivity contribution in [3.63, 3.8) is 0 Å². The molecule has 40 heavy (non-hydrogen) atoms. The van der Waals surface area contributed by atoms with Gasteiger partial charge < -0.3 is 23.7 Å². The van der Waals surface area contributed by atoms with Crippen LogP contribution in [0.2, 0.25) is 5.02 Å². The zero-order chi connectivity index (χ0) is 29.0. The molecule has 0 aliphatic heterocycles. The first kappa shape index (κ1) is 31.7. The molecule has 0 radical (unpaired) electrons. The molecule has 8 heteroatoms. The van der Waals surface area contributed by atoms with E-state index in [2.05, 4.69) is 6.92 Å². The average Bonchev–Trinajstić information content (AvgIpc) is 2.96. The lowest BCUT2D eigenvalue weighted by atomic mass is 9.79. The normalized spacial score (nSPS) is 18.3. The van der Waals surface area contributed by atoms with Crippen LogP contribution in [-0.4, -0.2) is 45.3 Å².